The highest BCUT2D eigenvalue weighted by atomic mass is 31.2. The molecule has 0 fully saturated rings. The van der Waals surface area contributed by atoms with Crippen LogP contribution in [0.4, 0.5) is 0 Å². The number of phosphoric ester groups is 1. The third kappa shape index (κ3) is 42.8. The van der Waals surface area contributed by atoms with E-state index in [1.807, 2.05) is 27.2 Å². The lowest BCUT2D eigenvalue weighted by molar-refractivity contribution is -0.870. The van der Waals surface area contributed by atoms with Gasteiger partial charge in [-0.15, -0.1) is 0 Å². The number of allylic oxidation sites excluding steroid dienone is 5. The summed E-state index contributed by atoms with van der Waals surface area (Å²) in [6, 6.07) is -0.900. The van der Waals surface area contributed by atoms with E-state index in [0.717, 1.165) is 38.5 Å². The molecule has 0 aliphatic heterocycles. The molecule has 1 amide bonds. The molecule has 0 aromatic carbocycles. The Bertz CT molecular complexity index is 1040. The van der Waals surface area contributed by atoms with Gasteiger partial charge in [0.05, 0.1) is 39.9 Å². The topological polar surface area (TPSA) is 108 Å². The third-order valence-corrected chi connectivity index (χ3v) is 11.8. The van der Waals surface area contributed by atoms with Crippen molar-refractivity contribution in [2.45, 2.75) is 231 Å². The first kappa shape index (κ1) is 56.7. The summed E-state index contributed by atoms with van der Waals surface area (Å²) in [4.78, 5) is 25.2. The monoisotopic (exact) mass is 839 g/mol. The fourth-order valence-electron chi connectivity index (χ4n) is 6.93. The highest BCUT2D eigenvalue weighted by Crippen LogP contribution is 2.38. The van der Waals surface area contributed by atoms with Crippen LogP contribution in [0.25, 0.3) is 0 Å². The summed E-state index contributed by atoms with van der Waals surface area (Å²) >= 11 is 0. The molecule has 0 radical (unpaired) electrons. The normalized spacial score (nSPS) is 14.5. The van der Waals surface area contributed by atoms with Crippen molar-refractivity contribution in [3.8, 4) is 0 Å². The standard InChI is InChI=1S/C49H95N2O6P/c1-6-8-10-12-14-16-17-18-19-20-21-22-23-24-25-26-27-28-29-30-31-32-33-35-37-39-41-43-49(53)50-47(46-57-58(54,55)56-45-44-51(3,4)5)48(52)42-40-38-36-34-15-13-11-9-7-2/h15,24-25,34,40,42,47-48,52H,6-14,16-23,26-33,35-39,41,43-46H2,1-5H3,(H-,50,53,54,55)/b25-24-,34-15+,42-40+. The molecule has 0 rings (SSSR count). The zero-order valence-electron chi connectivity index (χ0n) is 38.8. The van der Waals surface area contributed by atoms with Crippen molar-refractivity contribution in [3.05, 3.63) is 36.5 Å². The molecule has 8 nitrogen and oxygen atoms in total. The number of aliphatic hydroxyl groups is 1. The number of unbranched alkanes of at least 4 members (excludes halogenated alkanes) is 27. The van der Waals surface area contributed by atoms with Gasteiger partial charge in [-0.25, -0.2) is 0 Å². The maximum atomic E-state index is 12.8. The van der Waals surface area contributed by atoms with Crippen LogP contribution in [0.5, 0.6) is 0 Å². The van der Waals surface area contributed by atoms with E-state index < -0.39 is 26.6 Å². The molecule has 2 N–H and O–H groups in total. The van der Waals surface area contributed by atoms with E-state index in [4.69, 9.17) is 9.05 Å². The number of likely N-dealkylation sites (N-methyl/N-ethyl adjacent to an activating group) is 1. The number of aliphatic hydroxyl groups excluding tert-OH is 1. The number of carbonyl (C=O) groups is 1. The molecule has 3 unspecified atom stereocenters. The quantitative estimate of drug-likeness (QED) is 0.0274. The lowest BCUT2D eigenvalue weighted by Crippen LogP contribution is -2.45. The van der Waals surface area contributed by atoms with E-state index in [9.17, 15) is 19.4 Å². The maximum absolute atomic E-state index is 12.8. The first-order valence-electron chi connectivity index (χ1n) is 24.4. The minimum absolute atomic E-state index is 0.00659. The van der Waals surface area contributed by atoms with Crippen LogP contribution >= 0.6 is 7.82 Å². The van der Waals surface area contributed by atoms with Gasteiger partial charge in [0, 0.05) is 6.42 Å². The first-order valence-corrected chi connectivity index (χ1v) is 25.8. The van der Waals surface area contributed by atoms with E-state index in [1.54, 1.807) is 6.08 Å². The number of amides is 1. The SMILES string of the molecule is CCCCC/C=C/CC/C=C/C(O)C(COP(=O)([O-])OCC[N+](C)(C)C)NC(=O)CCCCCCCCCCCCC/C=C\CCCCCCCCCCCCCC. The predicted molar refractivity (Wildman–Crippen MR) is 247 cm³/mol. The molecule has 0 heterocycles. The van der Waals surface area contributed by atoms with Crippen molar-refractivity contribution in [2.24, 2.45) is 0 Å². The molecule has 342 valence electrons. The largest absolute Gasteiger partial charge is 0.756 e. The van der Waals surface area contributed by atoms with Gasteiger partial charge >= 0.3 is 0 Å². The Morgan fingerprint density at radius 3 is 1.43 bits per heavy atom. The van der Waals surface area contributed by atoms with E-state index in [-0.39, 0.29) is 12.5 Å². The maximum Gasteiger partial charge on any atom is 0.268 e. The van der Waals surface area contributed by atoms with Crippen LogP contribution in [-0.2, 0) is 18.4 Å². The lowest BCUT2D eigenvalue weighted by Gasteiger charge is -2.29. The molecular formula is C49H95N2O6P. The number of nitrogens with one attached hydrogen (secondary N) is 1. The van der Waals surface area contributed by atoms with Gasteiger partial charge in [-0.2, -0.15) is 0 Å². The summed E-state index contributed by atoms with van der Waals surface area (Å²) in [5, 5.41) is 13.7. The summed E-state index contributed by atoms with van der Waals surface area (Å²) in [5.41, 5.74) is 0. The van der Waals surface area contributed by atoms with E-state index in [0.29, 0.717) is 17.4 Å². The second-order valence-corrected chi connectivity index (χ2v) is 19.2. The van der Waals surface area contributed by atoms with Gasteiger partial charge in [-0.1, -0.05) is 192 Å². The summed E-state index contributed by atoms with van der Waals surface area (Å²) in [6.07, 6.45) is 50.9. The van der Waals surface area contributed by atoms with Crippen molar-refractivity contribution in [2.75, 3.05) is 40.9 Å². The number of hydrogen-bond acceptors (Lipinski definition) is 6. The van der Waals surface area contributed by atoms with Gasteiger partial charge in [-0.05, 0) is 57.8 Å². The van der Waals surface area contributed by atoms with Gasteiger partial charge in [0.1, 0.15) is 13.2 Å². The minimum Gasteiger partial charge on any atom is -0.756 e. The van der Waals surface area contributed by atoms with E-state index in [1.165, 1.54) is 161 Å². The predicted octanol–water partition coefficient (Wildman–Crippen LogP) is 13.2. The fraction of sp³-hybridized carbons (Fsp3) is 0.857. The van der Waals surface area contributed by atoms with Gasteiger partial charge in [-0.3, -0.25) is 9.36 Å². The lowest BCUT2D eigenvalue weighted by atomic mass is 10.0. The zero-order chi connectivity index (χ0) is 42.8. The van der Waals surface area contributed by atoms with Crippen LogP contribution in [0.1, 0.15) is 219 Å². The second-order valence-electron chi connectivity index (χ2n) is 17.8. The number of hydrogen-bond donors (Lipinski definition) is 2. The first-order chi connectivity index (χ1) is 28.0. The molecule has 0 aromatic rings. The molecule has 0 aromatic heterocycles. The molecular weight excluding hydrogens is 744 g/mol. The van der Waals surface area contributed by atoms with E-state index in [2.05, 4.69) is 43.5 Å². The Morgan fingerprint density at radius 1 is 0.586 bits per heavy atom. The molecule has 0 saturated carbocycles. The fourth-order valence-corrected chi connectivity index (χ4v) is 7.65. The van der Waals surface area contributed by atoms with Gasteiger partial charge < -0.3 is 28.8 Å². The molecule has 0 bridgehead atoms. The highest BCUT2D eigenvalue weighted by molar-refractivity contribution is 7.45. The van der Waals surface area contributed by atoms with Crippen LogP contribution in [-0.4, -0.2) is 68.5 Å². The minimum atomic E-state index is -4.59. The van der Waals surface area contributed by atoms with Crippen molar-refractivity contribution >= 4 is 13.7 Å². The number of phosphoric acid groups is 1. The Kier molecular flexibility index (Phi) is 40.2. The van der Waals surface area contributed by atoms with Crippen LogP contribution in [0, 0.1) is 0 Å². The van der Waals surface area contributed by atoms with Crippen LogP contribution in [0.15, 0.2) is 36.5 Å². The molecule has 0 saturated heterocycles. The van der Waals surface area contributed by atoms with Gasteiger partial charge in [0.2, 0.25) is 5.91 Å². The van der Waals surface area contributed by atoms with Crippen LogP contribution in [0.3, 0.4) is 0 Å². The summed E-state index contributed by atoms with van der Waals surface area (Å²) < 4.78 is 23.1. The van der Waals surface area contributed by atoms with Crippen molar-refractivity contribution < 1.29 is 32.9 Å². The van der Waals surface area contributed by atoms with Crippen LogP contribution < -0.4 is 10.2 Å². The van der Waals surface area contributed by atoms with Crippen molar-refractivity contribution in [1.29, 1.82) is 0 Å². The van der Waals surface area contributed by atoms with Crippen molar-refractivity contribution in [3.63, 3.8) is 0 Å². The van der Waals surface area contributed by atoms with Gasteiger partial charge in [0.15, 0.2) is 0 Å². The molecule has 0 aliphatic rings. The molecule has 3 atom stereocenters. The van der Waals surface area contributed by atoms with Crippen LogP contribution in [0.2, 0.25) is 0 Å². The third-order valence-electron chi connectivity index (χ3n) is 10.8. The number of nitrogens with zero attached hydrogens (tertiary/aromatic N) is 1. The Labute approximate surface area is 359 Å². The zero-order valence-corrected chi connectivity index (χ0v) is 39.6. The molecule has 58 heavy (non-hydrogen) atoms. The summed E-state index contributed by atoms with van der Waals surface area (Å²) in [6.45, 7) is 4.58. The van der Waals surface area contributed by atoms with Gasteiger partial charge in [0.25, 0.3) is 7.82 Å². The average molecular weight is 839 g/mol. The molecule has 9 heteroatoms. The molecule has 0 spiro atoms. The Hall–Kier alpha value is -1.28. The Morgan fingerprint density at radius 2 is 0.966 bits per heavy atom. The number of rotatable bonds is 44. The number of carbonyl (C=O) groups excluding carboxylic acids is 1. The number of quaternary nitrogens is 1. The summed E-state index contributed by atoms with van der Waals surface area (Å²) in [5.74, 6) is -0.210. The average Bonchev–Trinajstić information content (AvgIpc) is 3.17. The highest BCUT2D eigenvalue weighted by Gasteiger charge is 2.23. The second kappa shape index (κ2) is 41.1. The van der Waals surface area contributed by atoms with E-state index >= 15 is 0 Å². The Balaban J connectivity index is 4.09. The summed E-state index contributed by atoms with van der Waals surface area (Å²) in [7, 11) is 1.24. The smallest absolute Gasteiger partial charge is 0.268 e. The van der Waals surface area contributed by atoms with Crippen molar-refractivity contribution in [1.82, 2.24) is 5.32 Å². The molecule has 0 aliphatic carbocycles.